The van der Waals surface area contributed by atoms with Crippen molar-refractivity contribution in [1.82, 2.24) is 0 Å². The monoisotopic (exact) mass is 311 g/mol. The topological polar surface area (TPSA) is 153 Å². The first-order chi connectivity index (χ1) is 10.4. The van der Waals surface area contributed by atoms with Crippen LogP contribution in [0.1, 0.15) is 24.8 Å². The summed E-state index contributed by atoms with van der Waals surface area (Å²) < 4.78 is 0. The standard InChI is InChI=1S/C9H11NO2.C6H14N2O2/c10-8(9(11)12)6-7-4-2-1-3-5-7;7-4-2-1-3-5(8)6(9)10/h1-5,8H,6,10H2,(H,11,12);5H,1-4,7-8H2,(H,9,10)/t8-;5-/m01/s1. The minimum atomic E-state index is -0.959. The van der Waals surface area contributed by atoms with Gasteiger partial charge in [0.05, 0.1) is 0 Å². The van der Waals surface area contributed by atoms with E-state index in [1.54, 1.807) is 0 Å². The fourth-order valence-electron chi connectivity index (χ4n) is 1.59. The number of nitrogens with two attached hydrogens (primary N) is 3. The maximum atomic E-state index is 10.4. The van der Waals surface area contributed by atoms with Gasteiger partial charge in [-0.15, -0.1) is 0 Å². The molecule has 22 heavy (non-hydrogen) atoms. The third-order valence-corrected chi connectivity index (χ3v) is 2.90. The van der Waals surface area contributed by atoms with Gasteiger partial charge in [0.1, 0.15) is 12.1 Å². The van der Waals surface area contributed by atoms with Crippen LogP contribution in [0.4, 0.5) is 0 Å². The smallest absolute Gasteiger partial charge is 0.320 e. The zero-order chi connectivity index (χ0) is 17.0. The summed E-state index contributed by atoms with van der Waals surface area (Å²) in [6.45, 7) is 0.604. The van der Waals surface area contributed by atoms with E-state index in [-0.39, 0.29) is 0 Å². The lowest BCUT2D eigenvalue weighted by atomic mass is 10.1. The van der Waals surface area contributed by atoms with E-state index in [2.05, 4.69) is 0 Å². The van der Waals surface area contributed by atoms with E-state index in [1.165, 1.54) is 0 Å². The lowest BCUT2D eigenvalue weighted by Crippen LogP contribution is -2.32. The first-order valence-corrected chi connectivity index (χ1v) is 7.09. The Kier molecular flexibility index (Phi) is 10.6. The summed E-state index contributed by atoms with van der Waals surface area (Å²) >= 11 is 0. The highest BCUT2D eigenvalue weighted by Gasteiger charge is 2.11. The van der Waals surface area contributed by atoms with Gasteiger partial charge >= 0.3 is 11.9 Å². The number of hydrogen-bond acceptors (Lipinski definition) is 5. The van der Waals surface area contributed by atoms with Crippen LogP contribution in [0.3, 0.4) is 0 Å². The van der Waals surface area contributed by atoms with Crippen LogP contribution in [-0.4, -0.2) is 40.8 Å². The minimum absolute atomic E-state index is 0.385. The molecule has 1 rings (SSSR count). The molecule has 7 heteroatoms. The molecule has 124 valence electrons. The average molecular weight is 311 g/mol. The SMILES string of the molecule is NCCCC[C@@H](N)C(=O)O.N[C@@H](Cc1ccccc1)C(=O)O. The summed E-state index contributed by atoms with van der Waals surface area (Å²) in [4.78, 5) is 20.5. The summed E-state index contributed by atoms with van der Waals surface area (Å²) in [7, 11) is 0. The third kappa shape index (κ3) is 9.87. The van der Waals surface area contributed by atoms with Crippen LogP contribution in [-0.2, 0) is 16.0 Å². The van der Waals surface area contributed by atoms with Crippen LogP contribution < -0.4 is 17.2 Å². The van der Waals surface area contributed by atoms with Crippen molar-refractivity contribution in [2.75, 3.05) is 6.54 Å². The van der Waals surface area contributed by atoms with Gasteiger partial charge in [-0.05, 0) is 31.4 Å². The molecule has 0 spiro atoms. The Morgan fingerprint density at radius 1 is 0.955 bits per heavy atom. The number of carbonyl (C=O) groups is 2. The van der Waals surface area contributed by atoms with Crippen molar-refractivity contribution in [2.24, 2.45) is 17.2 Å². The molecule has 0 aliphatic carbocycles. The van der Waals surface area contributed by atoms with Gasteiger partial charge in [0.15, 0.2) is 0 Å². The molecule has 0 aliphatic rings. The number of carboxylic acids is 2. The molecule has 0 aliphatic heterocycles. The summed E-state index contributed by atoms with van der Waals surface area (Å²) in [6, 6.07) is 7.83. The number of benzene rings is 1. The Labute approximate surface area is 130 Å². The number of carboxylic acid groups (broad SMARTS) is 2. The molecule has 0 bridgehead atoms. The summed E-state index contributed by atoms with van der Waals surface area (Å²) in [5.74, 6) is -1.89. The van der Waals surface area contributed by atoms with Crippen LogP contribution in [0.25, 0.3) is 0 Å². The first kappa shape index (κ1) is 20.0. The van der Waals surface area contributed by atoms with Crippen molar-refractivity contribution >= 4 is 11.9 Å². The Bertz CT molecular complexity index is 440. The lowest BCUT2D eigenvalue weighted by Gasteiger charge is -2.04. The number of rotatable bonds is 8. The Morgan fingerprint density at radius 2 is 1.50 bits per heavy atom. The van der Waals surface area contributed by atoms with Gasteiger partial charge < -0.3 is 27.4 Å². The summed E-state index contributed by atoms with van der Waals surface area (Å²) in [6.07, 6.45) is 2.55. The van der Waals surface area contributed by atoms with Gasteiger partial charge in [0, 0.05) is 0 Å². The largest absolute Gasteiger partial charge is 0.480 e. The fraction of sp³-hybridized carbons (Fsp3) is 0.467. The fourth-order valence-corrected chi connectivity index (χ4v) is 1.59. The van der Waals surface area contributed by atoms with E-state index in [9.17, 15) is 9.59 Å². The maximum Gasteiger partial charge on any atom is 0.320 e. The normalized spacial score (nSPS) is 12.7. The Hall–Kier alpha value is -1.96. The highest BCUT2D eigenvalue weighted by molar-refractivity contribution is 5.73. The lowest BCUT2D eigenvalue weighted by molar-refractivity contribution is -0.139. The first-order valence-electron chi connectivity index (χ1n) is 7.09. The quantitative estimate of drug-likeness (QED) is 0.429. The highest BCUT2D eigenvalue weighted by Crippen LogP contribution is 2.01. The Balaban J connectivity index is 0.000000409. The molecular weight excluding hydrogens is 286 g/mol. The molecule has 0 radical (unpaired) electrons. The van der Waals surface area contributed by atoms with Crippen LogP contribution in [0, 0.1) is 0 Å². The van der Waals surface area contributed by atoms with Crippen LogP contribution in [0.2, 0.25) is 0 Å². The molecule has 0 fully saturated rings. The van der Waals surface area contributed by atoms with Crippen molar-refractivity contribution in [3.05, 3.63) is 35.9 Å². The van der Waals surface area contributed by atoms with Gasteiger partial charge in [-0.3, -0.25) is 9.59 Å². The predicted octanol–water partition coefficient (Wildman–Crippen LogP) is 0.168. The van der Waals surface area contributed by atoms with Crippen molar-refractivity contribution in [1.29, 1.82) is 0 Å². The van der Waals surface area contributed by atoms with Crippen molar-refractivity contribution in [3.8, 4) is 0 Å². The molecule has 1 aromatic carbocycles. The van der Waals surface area contributed by atoms with Crippen LogP contribution in [0.5, 0.6) is 0 Å². The maximum absolute atomic E-state index is 10.4. The Morgan fingerprint density at radius 3 is 1.95 bits per heavy atom. The number of unbranched alkanes of at least 4 members (excludes halogenated alkanes) is 1. The van der Waals surface area contributed by atoms with Crippen molar-refractivity contribution in [2.45, 2.75) is 37.8 Å². The van der Waals surface area contributed by atoms with Gasteiger partial charge in [0.2, 0.25) is 0 Å². The molecule has 0 saturated carbocycles. The number of aliphatic carboxylic acids is 2. The zero-order valence-corrected chi connectivity index (χ0v) is 12.5. The molecular formula is C15H25N3O4. The van der Waals surface area contributed by atoms with Crippen molar-refractivity contribution < 1.29 is 19.8 Å². The minimum Gasteiger partial charge on any atom is -0.480 e. The predicted molar refractivity (Wildman–Crippen MR) is 84.3 cm³/mol. The molecule has 1 aromatic rings. The van der Waals surface area contributed by atoms with E-state index < -0.39 is 24.0 Å². The van der Waals surface area contributed by atoms with Crippen LogP contribution in [0.15, 0.2) is 30.3 Å². The molecule has 7 nitrogen and oxygen atoms in total. The van der Waals surface area contributed by atoms with Crippen LogP contribution >= 0.6 is 0 Å². The third-order valence-electron chi connectivity index (χ3n) is 2.90. The molecule has 8 N–H and O–H groups in total. The van der Waals surface area contributed by atoms with E-state index in [4.69, 9.17) is 27.4 Å². The van der Waals surface area contributed by atoms with E-state index in [0.29, 0.717) is 19.4 Å². The second kappa shape index (κ2) is 11.7. The van der Waals surface area contributed by atoms with Gasteiger partial charge in [-0.2, -0.15) is 0 Å². The highest BCUT2D eigenvalue weighted by atomic mass is 16.4. The molecule has 0 saturated heterocycles. The second-order valence-corrected chi connectivity index (χ2v) is 4.86. The van der Waals surface area contributed by atoms with Gasteiger partial charge in [-0.25, -0.2) is 0 Å². The molecule has 2 atom stereocenters. The number of hydrogen-bond donors (Lipinski definition) is 5. The molecule has 0 aromatic heterocycles. The molecule has 0 amide bonds. The zero-order valence-electron chi connectivity index (χ0n) is 12.5. The molecule has 0 heterocycles. The summed E-state index contributed by atoms with van der Waals surface area (Å²) in [5, 5.41) is 16.8. The molecule has 0 unspecified atom stereocenters. The van der Waals surface area contributed by atoms with Gasteiger partial charge in [-0.1, -0.05) is 36.8 Å². The summed E-state index contributed by atoms with van der Waals surface area (Å²) in [5.41, 5.74) is 16.7. The van der Waals surface area contributed by atoms with Crippen molar-refractivity contribution in [3.63, 3.8) is 0 Å². The second-order valence-electron chi connectivity index (χ2n) is 4.86. The average Bonchev–Trinajstić information content (AvgIpc) is 2.48. The van der Waals surface area contributed by atoms with E-state index in [1.807, 2.05) is 30.3 Å². The van der Waals surface area contributed by atoms with E-state index in [0.717, 1.165) is 18.4 Å². The van der Waals surface area contributed by atoms with E-state index >= 15 is 0 Å². The van der Waals surface area contributed by atoms with Gasteiger partial charge in [0.25, 0.3) is 0 Å².